The number of alkyl halides is 3. The molecule has 2 aliphatic heterocycles. The van der Waals surface area contributed by atoms with Crippen LogP contribution in [0.25, 0.3) is 0 Å². The molecule has 3 amide bonds. The molecule has 1 spiro atoms. The van der Waals surface area contributed by atoms with Crippen molar-refractivity contribution in [2.75, 3.05) is 11.4 Å². The van der Waals surface area contributed by atoms with Gasteiger partial charge in [0.25, 0.3) is 0 Å². The van der Waals surface area contributed by atoms with Crippen molar-refractivity contribution in [3.05, 3.63) is 59.4 Å². The van der Waals surface area contributed by atoms with Crippen LogP contribution in [0.3, 0.4) is 0 Å². The summed E-state index contributed by atoms with van der Waals surface area (Å²) in [5, 5.41) is 9.18. The standard InChI is InChI=1S/C21H14F4N2O6/c22-12-3-1-11(2-4-12)9-27-16(28)8-20(19(27)32)14-7-13(33-21(23,24)25)5-6-15(14)26(18(20)31)10-17(29)30/h1-7H,8-10H2,(H,29,30). The fraction of sp³-hybridized carbons (Fsp3) is 0.238. The van der Waals surface area contributed by atoms with Crippen LogP contribution in [0, 0.1) is 5.82 Å². The van der Waals surface area contributed by atoms with E-state index in [-0.39, 0.29) is 17.8 Å². The van der Waals surface area contributed by atoms with Gasteiger partial charge in [-0.05, 0) is 35.9 Å². The van der Waals surface area contributed by atoms with Crippen LogP contribution in [0.15, 0.2) is 42.5 Å². The molecule has 2 aliphatic rings. The highest BCUT2D eigenvalue weighted by molar-refractivity contribution is 6.29. The van der Waals surface area contributed by atoms with Crippen molar-refractivity contribution in [3.8, 4) is 5.75 Å². The first kappa shape index (κ1) is 22.2. The second kappa shape index (κ2) is 7.57. The zero-order valence-corrected chi connectivity index (χ0v) is 16.6. The summed E-state index contributed by atoms with van der Waals surface area (Å²) in [6, 6.07) is 7.62. The number of hydrogen-bond donors (Lipinski definition) is 1. The lowest BCUT2D eigenvalue weighted by Crippen LogP contribution is -2.47. The topological polar surface area (TPSA) is 104 Å². The van der Waals surface area contributed by atoms with Gasteiger partial charge in [0.1, 0.15) is 18.1 Å². The van der Waals surface area contributed by atoms with Gasteiger partial charge in [0.15, 0.2) is 5.41 Å². The maximum Gasteiger partial charge on any atom is 0.573 e. The fourth-order valence-electron chi connectivity index (χ4n) is 4.09. The number of likely N-dealkylation sites (tertiary alicyclic amines) is 1. The Bertz CT molecular complexity index is 1180. The van der Waals surface area contributed by atoms with Gasteiger partial charge >= 0.3 is 12.3 Å². The van der Waals surface area contributed by atoms with E-state index >= 15 is 0 Å². The number of anilines is 1. The summed E-state index contributed by atoms with van der Waals surface area (Å²) in [5.41, 5.74) is -2.22. The average molecular weight is 466 g/mol. The number of carboxylic acids is 1. The summed E-state index contributed by atoms with van der Waals surface area (Å²) in [4.78, 5) is 52.2. The monoisotopic (exact) mass is 466 g/mol. The summed E-state index contributed by atoms with van der Waals surface area (Å²) < 4.78 is 55.2. The third-order valence-electron chi connectivity index (χ3n) is 5.44. The van der Waals surface area contributed by atoms with Gasteiger partial charge in [-0.25, -0.2) is 4.39 Å². The second-order valence-corrected chi connectivity index (χ2v) is 7.51. The van der Waals surface area contributed by atoms with Crippen molar-refractivity contribution in [2.45, 2.75) is 24.7 Å². The lowest BCUT2D eigenvalue weighted by atomic mass is 9.80. The molecular formula is C21H14F4N2O6. The molecule has 1 unspecified atom stereocenters. The van der Waals surface area contributed by atoms with Crippen LogP contribution >= 0.6 is 0 Å². The third kappa shape index (κ3) is 3.77. The number of nitrogens with zero attached hydrogens (tertiary/aromatic N) is 2. The zero-order valence-electron chi connectivity index (χ0n) is 16.6. The van der Waals surface area contributed by atoms with E-state index in [0.29, 0.717) is 5.56 Å². The van der Waals surface area contributed by atoms with Gasteiger partial charge in [-0.1, -0.05) is 12.1 Å². The number of hydrogen-bond acceptors (Lipinski definition) is 5. The fourth-order valence-corrected chi connectivity index (χ4v) is 4.09. The van der Waals surface area contributed by atoms with E-state index < -0.39 is 60.0 Å². The van der Waals surface area contributed by atoms with E-state index in [1.165, 1.54) is 12.1 Å². The molecule has 12 heteroatoms. The Labute approximate surface area is 182 Å². The zero-order chi connectivity index (χ0) is 24.1. The number of benzene rings is 2. The third-order valence-corrected chi connectivity index (χ3v) is 5.44. The number of halogens is 4. The molecule has 172 valence electrons. The van der Waals surface area contributed by atoms with Crippen LogP contribution in [-0.2, 0) is 31.1 Å². The van der Waals surface area contributed by atoms with Crippen molar-refractivity contribution >= 4 is 29.4 Å². The Kier molecular flexibility index (Phi) is 5.10. The van der Waals surface area contributed by atoms with E-state index in [1.54, 1.807) is 0 Å². The van der Waals surface area contributed by atoms with Crippen molar-refractivity contribution in [1.82, 2.24) is 4.90 Å². The molecule has 4 rings (SSSR count). The summed E-state index contributed by atoms with van der Waals surface area (Å²) in [6.45, 7) is -1.17. The molecule has 0 saturated carbocycles. The number of ether oxygens (including phenoxy) is 1. The lowest BCUT2D eigenvalue weighted by molar-refractivity contribution is -0.274. The molecule has 0 aliphatic carbocycles. The second-order valence-electron chi connectivity index (χ2n) is 7.51. The van der Waals surface area contributed by atoms with Crippen LogP contribution in [-0.4, -0.2) is 46.6 Å². The van der Waals surface area contributed by atoms with E-state index in [0.717, 1.165) is 40.1 Å². The Morgan fingerprint density at radius 3 is 2.27 bits per heavy atom. The minimum Gasteiger partial charge on any atom is -0.480 e. The van der Waals surface area contributed by atoms with E-state index in [2.05, 4.69) is 4.74 Å². The molecule has 1 atom stereocenters. The molecule has 2 aromatic rings. The molecule has 1 saturated heterocycles. The SMILES string of the molecule is O=C(O)CN1C(=O)C2(CC(=O)N(Cc3ccc(F)cc3)C2=O)c2cc(OC(F)(F)F)ccc21. The van der Waals surface area contributed by atoms with Gasteiger partial charge in [0, 0.05) is 11.3 Å². The van der Waals surface area contributed by atoms with Gasteiger partial charge in [0.2, 0.25) is 17.7 Å². The van der Waals surface area contributed by atoms with E-state index in [4.69, 9.17) is 0 Å². The normalized spacial score (nSPS) is 20.1. The first-order chi connectivity index (χ1) is 15.4. The first-order valence-electron chi connectivity index (χ1n) is 9.45. The molecule has 2 heterocycles. The largest absolute Gasteiger partial charge is 0.573 e. The summed E-state index contributed by atoms with van der Waals surface area (Å²) >= 11 is 0. The molecule has 0 radical (unpaired) electrons. The Morgan fingerprint density at radius 2 is 1.67 bits per heavy atom. The maximum atomic E-state index is 13.4. The average Bonchev–Trinajstić information content (AvgIpc) is 3.09. The van der Waals surface area contributed by atoms with Crippen molar-refractivity contribution < 1.29 is 46.6 Å². The van der Waals surface area contributed by atoms with Gasteiger partial charge in [-0.2, -0.15) is 0 Å². The van der Waals surface area contributed by atoms with Crippen LogP contribution in [0.1, 0.15) is 17.5 Å². The minimum absolute atomic E-state index is 0.110. The minimum atomic E-state index is -5.06. The number of fused-ring (bicyclic) bond motifs is 2. The number of rotatable bonds is 5. The van der Waals surface area contributed by atoms with Gasteiger partial charge in [0.05, 0.1) is 13.0 Å². The molecule has 2 aromatic carbocycles. The van der Waals surface area contributed by atoms with Crippen molar-refractivity contribution in [1.29, 1.82) is 0 Å². The van der Waals surface area contributed by atoms with Crippen molar-refractivity contribution in [3.63, 3.8) is 0 Å². The van der Waals surface area contributed by atoms with Crippen LogP contribution < -0.4 is 9.64 Å². The van der Waals surface area contributed by atoms with Crippen LogP contribution in [0.2, 0.25) is 0 Å². The Hall–Kier alpha value is -3.96. The van der Waals surface area contributed by atoms with Gasteiger partial charge in [-0.15, -0.1) is 13.2 Å². The predicted octanol–water partition coefficient (Wildman–Crippen LogP) is 2.35. The molecule has 1 N–H and O–H groups in total. The Balaban J connectivity index is 1.78. The highest BCUT2D eigenvalue weighted by atomic mass is 19.4. The number of carbonyl (C=O) groups is 4. The quantitative estimate of drug-likeness (QED) is 0.412. The number of amides is 3. The van der Waals surface area contributed by atoms with Crippen LogP contribution in [0.5, 0.6) is 5.75 Å². The maximum absolute atomic E-state index is 13.4. The van der Waals surface area contributed by atoms with Gasteiger partial charge in [-0.3, -0.25) is 29.0 Å². The molecule has 8 nitrogen and oxygen atoms in total. The van der Waals surface area contributed by atoms with Gasteiger partial charge < -0.3 is 9.84 Å². The summed E-state index contributed by atoms with van der Waals surface area (Å²) in [5.74, 6) is -5.55. The first-order valence-corrected chi connectivity index (χ1v) is 9.45. The smallest absolute Gasteiger partial charge is 0.480 e. The molecule has 33 heavy (non-hydrogen) atoms. The molecule has 1 fully saturated rings. The molecule has 0 bridgehead atoms. The predicted molar refractivity (Wildman–Crippen MR) is 101 cm³/mol. The summed E-state index contributed by atoms with van der Waals surface area (Å²) in [6.07, 6.45) is -5.76. The number of aliphatic carboxylic acids is 1. The Morgan fingerprint density at radius 1 is 1.03 bits per heavy atom. The van der Waals surface area contributed by atoms with Crippen LogP contribution in [0.4, 0.5) is 23.2 Å². The number of imide groups is 1. The highest BCUT2D eigenvalue weighted by Crippen LogP contribution is 2.50. The molecular weight excluding hydrogens is 452 g/mol. The number of carbonyl (C=O) groups excluding carboxylic acids is 3. The number of carboxylic acid groups (broad SMARTS) is 1. The van der Waals surface area contributed by atoms with E-state index in [1.807, 2.05) is 0 Å². The highest BCUT2D eigenvalue weighted by Gasteiger charge is 2.64. The molecule has 0 aromatic heterocycles. The van der Waals surface area contributed by atoms with E-state index in [9.17, 15) is 41.8 Å². The van der Waals surface area contributed by atoms with Crippen molar-refractivity contribution in [2.24, 2.45) is 0 Å². The lowest BCUT2D eigenvalue weighted by Gasteiger charge is -2.22. The summed E-state index contributed by atoms with van der Waals surface area (Å²) in [7, 11) is 0.